The Hall–Kier alpha value is -2.09. The van der Waals surface area contributed by atoms with Crippen molar-refractivity contribution in [2.24, 2.45) is 0 Å². The highest BCUT2D eigenvalue weighted by molar-refractivity contribution is 9.10. The monoisotopic (exact) mass is 491 g/mol. The Bertz CT molecular complexity index is 1130. The quantitative estimate of drug-likeness (QED) is 0.271. The Balaban J connectivity index is 1.81. The van der Waals surface area contributed by atoms with Gasteiger partial charge in [-0.15, -0.1) is 6.58 Å². The summed E-state index contributed by atoms with van der Waals surface area (Å²) in [5.74, 6) is 0.104. The minimum Gasteiger partial charge on any atom is -0.341 e. The number of carbonyl (C=O) groups excluding carboxylic acids is 1. The molecular weight excluding hydrogens is 474 g/mol. The lowest BCUT2D eigenvalue weighted by molar-refractivity contribution is -0.127. The van der Waals surface area contributed by atoms with Crippen molar-refractivity contribution in [2.45, 2.75) is 18.2 Å². The number of thioether (sulfide) groups is 1. The molecule has 150 valence electrons. The summed E-state index contributed by atoms with van der Waals surface area (Å²) >= 11 is 10.8. The first kappa shape index (κ1) is 21.6. The zero-order valence-electron chi connectivity index (χ0n) is 15.8. The molecule has 0 bridgehead atoms. The van der Waals surface area contributed by atoms with E-state index in [2.05, 4.69) is 27.5 Å². The molecule has 8 heteroatoms. The molecule has 1 heterocycles. The fraction of sp³-hybridized carbons (Fsp3) is 0.190. The van der Waals surface area contributed by atoms with E-state index in [4.69, 9.17) is 11.6 Å². The number of rotatable bonds is 7. The average molecular weight is 493 g/mol. The molecule has 0 fully saturated rings. The highest BCUT2D eigenvalue weighted by atomic mass is 79.9. The van der Waals surface area contributed by atoms with Crippen LogP contribution in [0.15, 0.2) is 69.5 Å². The van der Waals surface area contributed by atoms with Crippen LogP contribution in [-0.2, 0) is 17.9 Å². The first-order chi connectivity index (χ1) is 13.9. The van der Waals surface area contributed by atoms with Gasteiger partial charge < -0.3 is 4.90 Å². The predicted octanol–water partition coefficient (Wildman–Crippen LogP) is 4.75. The van der Waals surface area contributed by atoms with E-state index in [0.29, 0.717) is 34.2 Å². The number of amides is 1. The summed E-state index contributed by atoms with van der Waals surface area (Å²) in [6.45, 7) is 4.51. The summed E-state index contributed by atoms with van der Waals surface area (Å²) in [7, 11) is 1.76. The zero-order chi connectivity index (χ0) is 21.0. The molecule has 0 radical (unpaired) electrons. The molecule has 0 N–H and O–H groups in total. The largest absolute Gasteiger partial charge is 0.341 e. The van der Waals surface area contributed by atoms with E-state index in [1.165, 1.54) is 16.3 Å². The second-order valence-electron chi connectivity index (χ2n) is 6.39. The second kappa shape index (κ2) is 9.61. The number of hydrogen-bond donors (Lipinski definition) is 0. The van der Waals surface area contributed by atoms with Gasteiger partial charge in [0.25, 0.3) is 5.56 Å². The molecule has 0 atom stereocenters. The smallest absolute Gasteiger partial charge is 0.262 e. The molecule has 0 spiro atoms. The van der Waals surface area contributed by atoms with Crippen molar-refractivity contribution in [1.82, 2.24) is 14.5 Å². The zero-order valence-corrected chi connectivity index (χ0v) is 18.9. The molecule has 0 unspecified atom stereocenters. The fourth-order valence-corrected chi connectivity index (χ4v) is 4.31. The maximum Gasteiger partial charge on any atom is 0.262 e. The van der Waals surface area contributed by atoms with E-state index < -0.39 is 0 Å². The molecule has 29 heavy (non-hydrogen) atoms. The van der Waals surface area contributed by atoms with E-state index in [-0.39, 0.29) is 17.2 Å². The highest BCUT2D eigenvalue weighted by Gasteiger charge is 2.15. The van der Waals surface area contributed by atoms with Crippen molar-refractivity contribution in [3.8, 4) is 0 Å². The van der Waals surface area contributed by atoms with Gasteiger partial charge in [0.2, 0.25) is 5.91 Å². The lowest BCUT2D eigenvalue weighted by atomic mass is 10.2. The van der Waals surface area contributed by atoms with E-state index in [1.807, 2.05) is 24.3 Å². The summed E-state index contributed by atoms with van der Waals surface area (Å²) in [4.78, 5) is 31.7. The van der Waals surface area contributed by atoms with Crippen molar-refractivity contribution in [1.29, 1.82) is 0 Å². The van der Waals surface area contributed by atoms with Gasteiger partial charge in [-0.1, -0.05) is 63.6 Å². The maximum atomic E-state index is 12.8. The molecule has 0 saturated carbocycles. The summed E-state index contributed by atoms with van der Waals surface area (Å²) in [6, 6.07) is 12.8. The van der Waals surface area contributed by atoms with Gasteiger partial charge in [0.05, 0.1) is 16.7 Å². The van der Waals surface area contributed by atoms with Crippen molar-refractivity contribution in [2.75, 3.05) is 12.8 Å². The van der Waals surface area contributed by atoms with Crippen molar-refractivity contribution in [3.63, 3.8) is 0 Å². The second-order valence-corrected chi connectivity index (χ2v) is 8.62. The number of halogens is 2. The van der Waals surface area contributed by atoms with Crippen LogP contribution in [0.1, 0.15) is 5.56 Å². The predicted molar refractivity (Wildman–Crippen MR) is 123 cm³/mol. The fourth-order valence-electron chi connectivity index (χ4n) is 2.78. The number of hydrogen-bond acceptors (Lipinski definition) is 4. The molecule has 2 aromatic carbocycles. The lowest BCUT2D eigenvalue weighted by Crippen LogP contribution is -2.29. The third-order valence-electron chi connectivity index (χ3n) is 4.31. The van der Waals surface area contributed by atoms with Crippen molar-refractivity contribution < 1.29 is 4.79 Å². The van der Waals surface area contributed by atoms with E-state index in [1.54, 1.807) is 36.2 Å². The van der Waals surface area contributed by atoms with E-state index in [0.717, 1.165) is 10.0 Å². The number of nitrogens with zero attached hydrogens (tertiary/aromatic N) is 3. The van der Waals surface area contributed by atoms with Gasteiger partial charge in [-0.3, -0.25) is 14.2 Å². The van der Waals surface area contributed by atoms with Crippen molar-refractivity contribution >= 4 is 56.1 Å². The molecule has 0 aliphatic carbocycles. The van der Waals surface area contributed by atoms with Crippen LogP contribution in [-0.4, -0.2) is 33.2 Å². The van der Waals surface area contributed by atoms with Crippen LogP contribution in [0.4, 0.5) is 0 Å². The first-order valence-electron chi connectivity index (χ1n) is 8.82. The van der Waals surface area contributed by atoms with E-state index in [9.17, 15) is 9.59 Å². The molecule has 3 rings (SSSR count). The minimum atomic E-state index is -0.178. The molecule has 0 aliphatic rings. The lowest BCUT2D eigenvalue weighted by Gasteiger charge is -2.18. The topological polar surface area (TPSA) is 55.2 Å². The normalized spacial score (nSPS) is 10.9. The van der Waals surface area contributed by atoms with Gasteiger partial charge in [-0.05, 0) is 29.8 Å². The Morgan fingerprint density at radius 2 is 2.10 bits per heavy atom. The van der Waals surface area contributed by atoms with Gasteiger partial charge in [-0.2, -0.15) is 0 Å². The van der Waals surface area contributed by atoms with Crippen LogP contribution in [0.3, 0.4) is 0 Å². The van der Waals surface area contributed by atoms with Crippen LogP contribution in [0.2, 0.25) is 5.02 Å². The summed E-state index contributed by atoms with van der Waals surface area (Å²) in [5.41, 5.74) is 1.36. The molecule has 1 aromatic heterocycles. The Labute approximate surface area is 186 Å². The van der Waals surface area contributed by atoms with Gasteiger partial charge in [0.1, 0.15) is 0 Å². The first-order valence-corrected chi connectivity index (χ1v) is 11.0. The SMILES string of the molecule is C=CCn1c(SCC(=O)N(C)Cc2ccccc2Br)nc2cc(Cl)ccc2c1=O. The molecule has 1 amide bonds. The third kappa shape index (κ3) is 5.10. The van der Waals surface area contributed by atoms with Gasteiger partial charge in [0, 0.05) is 29.6 Å². The minimum absolute atomic E-state index is 0.0589. The standard InChI is InChI=1S/C21H19BrClN3O2S/c1-3-10-26-20(28)16-9-8-15(23)11-18(16)24-21(26)29-13-19(27)25(2)12-14-6-4-5-7-17(14)22/h3-9,11H,1,10,12-13H2,2H3. The van der Waals surface area contributed by atoms with Crippen LogP contribution < -0.4 is 5.56 Å². The van der Waals surface area contributed by atoms with Crippen LogP contribution in [0.25, 0.3) is 10.9 Å². The molecular formula is C21H19BrClN3O2S. The number of benzene rings is 2. The van der Waals surface area contributed by atoms with Gasteiger partial charge in [-0.25, -0.2) is 4.98 Å². The Kier molecular flexibility index (Phi) is 7.16. The third-order valence-corrected chi connectivity index (χ3v) is 6.28. The summed E-state index contributed by atoms with van der Waals surface area (Å²) < 4.78 is 2.48. The summed E-state index contributed by atoms with van der Waals surface area (Å²) in [6.07, 6.45) is 1.63. The Morgan fingerprint density at radius 3 is 2.83 bits per heavy atom. The summed E-state index contributed by atoms with van der Waals surface area (Å²) in [5, 5.41) is 1.45. The highest BCUT2D eigenvalue weighted by Crippen LogP contribution is 2.22. The number of carbonyl (C=O) groups is 1. The molecule has 5 nitrogen and oxygen atoms in total. The molecule has 0 aliphatic heterocycles. The van der Waals surface area contributed by atoms with Crippen LogP contribution >= 0.6 is 39.3 Å². The molecule has 0 saturated heterocycles. The number of fused-ring (bicyclic) bond motifs is 1. The van der Waals surface area contributed by atoms with Gasteiger partial charge >= 0.3 is 0 Å². The number of aromatic nitrogens is 2. The van der Waals surface area contributed by atoms with Crippen LogP contribution in [0, 0.1) is 0 Å². The average Bonchev–Trinajstić information content (AvgIpc) is 2.70. The molecule has 3 aromatic rings. The van der Waals surface area contributed by atoms with Crippen LogP contribution in [0.5, 0.6) is 0 Å². The van der Waals surface area contributed by atoms with Crippen molar-refractivity contribution in [3.05, 3.63) is 80.5 Å². The maximum absolute atomic E-state index is 12.8. The van der Waals surface area contributed by atoms with Gasteiger partial charge in [0.15, 0.2) is 5.16 Å². The number of allylic oxidation sites excluding steroid dienone is 1. The van der Waals surface area contributed by atoms with E-state index >= 15 is 0 Å². The Morgan fingerprint density at radius 1 is 1.34 bits per heavy atom.